The molecule has 2 atom stereocenters. The molecule has 0 aliphatic heterocycles. The Labute approximate surface area is 431 Å². The predicted molar refractivity (Wildman–Crippen MR) is 296 cm³/mol. The zero-order valence-electron chi connectivity index (χ0n) is 57.1. The van der Waals surface area contributed by atoms with Crippen LogP contribution < -0.4 is 0 Å². The molecule has 0 amide bonds. The Morgan fingerprint density at radius 2 is 0.761 bits per heavy atom. The van der Waals surface area contributed by atoms with Crippen molar-refractivity contribution in [1.29, 1.82) is 0 Å². The molecule has 4 aliphatic carbocycles. The van der Waals surface area contributed by atoms with Gasteiger partial charge in [0.05, 0.1) is 0 Å². The van der Waals surface area contributed by atoms with Gasteiger partial charge in [-0.1, -0.05) is 289 Å². The molecule has 0 saturated heterocycles. The van der Waals surface area contributed by atoms with Crippen molar-refractivity contribution in [1.82, 2.24) is 0 Å². The molecule has 4 rings (SSSR count). The fourth-order valence-electron chi connectivity index (χ4n) is 6.21. The van der Waals surface area contributed by atoms with Gasteiger partial charge in [-0.2, -0.15) is 26.3 Å². The molecule has 4 fully saturated rings. The van der Waals surface area contributed by atoms with Gasteiger partial charge in [0.2, 0.25) is 0 Å². The number of hydrogen-bond acceptors (Lipinski definition) is 0. The van der Waals surface area contributed by atoms with Gasteiger partial charge in [0.25, 0.3) is 0 Å². The summed E-state index contributed by atoms with van der Waals surface area (Å²) in [5, 5.41) is 0. The first-order valence-corrected chi connectivity index (χ1v) is 27.4. The first-order valence-electron chi connectivity index (χ1n) is 30.9. The van der Waals surface area contributed by atoms with Crippen LogP contribution in [0.3, 0.4) is 0 Å². The van der Waals surface area contributed by atoms with Crippen molar-refractivity contribution in [2.24, 2.45) is 57.6 Å². The van der Waals surface area contributed by atoms with Crippen LogP contribution in [0.25, 0.3) is 0 Å². The van der Waals surface area contributed by atoms with Gasteiger partial charge in [-0.3, -0.25) is 0 Å². The Hall–Kier alpha value is -0.420. The topological polar surface area (TPSA) is 0 Å². The molecule has 0 aromatic heterocycles. The summed E-state index contributed by atoms with van der Waals surface area (Å²) in [5.41, 5.74) is 1.12. The van der Waals surface area contributed by atoms with E-state index in [4.69, 9.17) is 9.60 Å². The minimum absolute atomic E-state index is 0.0556. The minimum atomic E-state index is -3.98. The summed E-state index contributed by atoms with van der Waals surface area (Å²) in [6.45, 7) is 48.4. The second-order valence-electron chi connectivity index (χ2n) is 23.4. The van der Waals surface area contributed by atoms with E-state index in [2.05, 4.69) is 48.5 Å². The van der Waals surface area contributed by atoms with E-state index < -0.39 is 37.9 Å². The van der Waals surface area contributed by atoms with Gasteiger partial charge >= 0.3 is 12.4 Å². The van der Waals surface area contributed by atoms with Gasteiger partial charge in [-0.05, 0) is 83.3 Å². The number of alkyl halides is 6. The number of halogens is 6. The van der Waals surface area contributed by atoms with Crippen molar-refractivity contribution < 1.29 is 35.9 Å². The molecule has 4 aliphatic rings. The monoisotopic (exact) mass is 984 g/mol. The largest absolute Gasteiger partial charge is 0.389 e. The molecule has 6 heteroatoms. The second-order valence-corrected chi connectivity index (χ2v) is 23.4. The predicted octanol–water partition coefficient (Wildman–Crippen LogP) is 25.2. The fourth-order valence-corrected chi connectivity index (χ4v) is 6.21. The highest BCUT2D eigenvalue weighted by molar-refractivity contribution is 4.88. The van der Waals surface area contributed by atoms with Gasteiger partial charge in [0.15, 0.2) is 0 Å². The maximum atomic E-state index is 11.5. The lowest BCUT2D eigenvalue weighted by molar-refractivity contribution is -0.144. The van der Waals surface area contributed by atoms with Crippen LogP contribution in [-0.4, -0.2) is 12.4 Å². The summed E-state index contributed by atoms with van der Waals surface area (Å²) in [6, 6.07) is 0. The molecule has 416 valence electrons. The Kier molecular flexibility index (Phi) is 47.4. The molecular weight excluding hydrogens is 847 g/mol. The van der Waals surface area contributed by atoms with Crippen LogP contribution in [-0.2, 0) is 0 Å². The lowest BCUT2D eigenvalue weighted by Gasteiger charge is -2.36. The molecule has 2 unspecified atom stereocenters. The third-order valence-electron chi connectivity index (χ3n) is 11.0. The molecule has 0 aromatic rings. The zero-order chi connectivity index (χ0) is 60.9. The third-order valence-corrected chi connectivity index (χ3v) is 11.0. The van der Waals surface area contributed by atoms with Crippen LogP contribution >= 0.6 is 0 Å². The molecule has 0 nitrogen and oxygen atoms in total. The zero-order valence-corrected chi connectivity index (χ0v) is 50.1. The van der Waals surface area contributed by atoms with Crippen LogP contribution in [0.2, 0.25) is 0 Å². The average molecular weight is 985 g/mol. The van der Waals surface area contributed by atoms with Gasteiger partial charge in [-0.25, -0.2) is 0 Å². The third kappa shape index (κ3) is 89.0. The van der Waals surface area contributed by atoms with E-state index in [9.17, 15) is 26.3 Å². The Balaban J connectivity index is -0.000000136. The van der Waals surface area contributed by atoms with Crippen molar-refractivity contribution in [3.8, 4) is 0 Å². The first kappa shape index (κ1) is 64.6. The summed E-state index contributed by atoms with van der Waals surface area (Å²) < 4.78 is 120. The van der Waals surface area contributed by atoms with Crippen molar-refractivity contribution in [2.45, 2.75) is 339 Å². The molecule has 0 heterocycles. The van der Waals surface area contributed by atoms with E-state index in [1.165, 1.54) is 64.2 Å². The Bertz CT molecular complexity index is 1120. The lowest BCUT2D eigenvalue weighted by Crippen LogP contribution is -2.23. The molecule has 67 heavy (non-hydrogen) atoms. The number of rotatable bonds is 5. The summed E-state index contributed by atoms with van der Waals surface area (Å²) >= 11 is 0. The number of hydrogen-bond donors (Lipinski definition) is 0. The SMILES string of the molecule is CC.CC(C)(C)C.CC1CCC2(CCCC2)CC1.CCC.CCC(C)CC(F)(F)F.CCC(C)CC(F)(F)F.[2H]C(C)(C)C.[2H]C([2H])(C)C(C)(C)C.[2H]C([2H])(C)C(C)C.[2H]C1(C)CCCC1.[2H]C1(C)CCCCC1. The normalized spacial score (nSPS) is 20.9. The Morgan fingerprint density at radius 1 is 0.522 bits per heavy atom. The fraction of sp³-hybridized carbons (Fsp3) is 1.00. The van der Waals surface area contributed by atoms with E-state index in [0.29, 0.717) is 18.3 Å². The summed E-state index contributed by atoms with van der Waals surface area (Å²) in [5.74, 6) is 0.321. The molecule has 1 spiro atoms. The maximum absolute atomic E-state index is 11.5. The van der Waals surface area contributed by atoms with E-state index >= 15 is 0 Å². The van der Waals surface area contributed by atoms with Crippen molar-refractivity contribution in [3.05, 3.63) is 0 Å². The minimum Gasteiger partial charge on any atom is -0.171 e. The van der Waals surface area contributed by atoms with Crippen LogP contribution in [0.1, 0.15) is 337 Å². The van der Waals surface area contributed by atoms with E-state index in [0.717, 1.165) is 37.0 Å². The van der Waals surface area contributed by atoms with Gasteiger partial charge in [0.1, 0.15) is 0 Å². The van der Waals surface area contributed by atoms with Crippen molar-refractivity contribution >= 4 is 0 Å². The molecule has 0 N–H and O–H groups in total. The highest BCUT2D eigenvalue weighted by Crippen LogP contribution is 2.50. The smallest absolute Gasteiger partial charge is 0.171 e. The molecule has 0 radical (unpaired) electrons. The van der Waals surface area contributed by atoms with Crippen molar-refractivity contribution in [2.75, 3.05) is 0 Å². The van der Waals surface area contributed by atoms with Crippen LogP contribution in [0, 0.1) is 57.6 Å². The second kappa shape index (κ2) is 49.2. The van der Waals surface area contributed by atoms with Crippen LogP contribution in [0.4, 0.5) is 26.3 Å². The summed E-state index contributed by atoms with van der Waals surface area (Å²) in [7, 11) is 0. The standard InChI is InChI=1S/C11H20.C7H14.2C6H11F3.C6H12.C6H14.2C5H12.C4H10.C3H8.C2H6/c1-10-4-8-11(9-5-10)6-2-3-7-11;1-7-5-3-2-4-6-7;2*1-3-5(2)4-6(7,8)9;1-6-4-2-3-5-6;1-5-6(2,3)4;1-5(2,3)4;1-4-5(2)3;1-4(2)3;1-3-2;1-2/h10H,2-9H2,1H3;7H,2-6H2,1H3;2*5H,3-4H2,1-2H3;6H,2-5H2,1H3;5H2,1-4H3;1-4H3;5H,4H2,1-3H3;4H,1-3H3;3H2,1-2H3;1-2H3/i;7D;;;6D;5D2;;4D2;4D;;. The highest BCUT2D eigenvalue weighted by Gasteiger charge is 2.36. The van der Waals surface area contributed by atoms with E-state index in [1.54, 1.807) is 67.2 Å². The van der Waals surface area contributed by atoms with Crippen molar-refractivity contribution in [3.63, 3.8) is 0 Å². The molecule has 4 saturated carbocycles. The Morgan fingerprint density at radius 3 is 0.910 bits per heavy atom. The molecule has 0 aromatic carbocycles. The maximum Gasteiger partial charge on any atom is 0.389 e. The summed E-state index contributed by atoms with van der Waals surface area (Å²) in [4.78, 5) is 0. The first-order chi connectivity index (χ1) is 32.7. The quantitative estimate of drug-likeness (QED) is 0.241. The lowest BCUT2D eigenvalue weighted by atomic mass is 9.70. The van der Waals surface area contributed by atoms with Gasteiger partial charge in [0, 0.05) is 22.4 Å². The molecular formula is C61H130F6. The van der Waals surface area contributed by atoms with Gasteiger partial charge < -0.3 is 0 Å². The van der Waals surface area contributed by atoms with Gasteiger partial charge in [-0.15, -0.1) is 0 Å². The average Bonchev–Trinajstić information content (AvgIpc) is 3.82. The van der Waals surface area contributed by atoms with Crippen LogP contribution in [0.5, 0.6) is 0 Å². The highest BCUT2D eigenvalue weighted by atomic mass is 19.4. The van der Waals surface area contributed by atoms with E-state index in [-0.39, 0.29) is 40.9 Å². The van der Waals surface area contributed by atoms with Crippen LogP contribution in [0.15, 0.2) is 0 Å². The van der Waals surface area contributed by atoms with E-state index in [1.807, 2.05) is 83.1 Å². The summed E-state index contributed by atoms with van der Waals surface area (Å²) in [6.07, 6.45) is 14.4. The molecule has 0 bridgehead atoms.